The third kappa shape index (κ3) is 4.30. The Labute approximate surface area is 207 Å². The first-order chi connectivity index (χ1) is 17.1. The number of Topliss-reactive ketones (excluding diaryl/α,β-unsaturated/α-hetero) is 1. The van der Waals surface area contributed by atoms with Gasteiger partial charge in [0.1, 0.15) is 41.1 Å². The SMILES string of the molecule is COc1cc(/C=C2/Oc3c(C)c(O)cc(O[C@@H]4OC(C)[C@H](O)C(O)[C@@H]4O)c3C2=O)cc(OC)c1OC. The lowest BCUT2D eigenvalue weighted by atomic mass is 10.00. The van der Waals surface area contributed by atoms with Crippen molar-refractivity contribution in [2.24, 2.45) is 0 Å². The molecule has 4 rings (SSSR count). The van der Waals surface area contributed by atoms with E-state index in [1.165, 1.54) is 40.4 Å². The van der Waals surface area contributed by atoms with Gasteiger partial charge in [0, 0.05) is 11.6 Å². The van der Waals surface area contributed by atoms with E-state index in [9.17, 15) is 25.2 Å². The highest BCUT2D eigenvalue weighted by atomic mass is 16.7. The predicted molar refractivity (Wildman–Crippen MR) is 125 cm³/mol. The van der Waals surface area contributed by atoms with E-state index in [0.29, 0.717) is 28.4 Å². The molecule has 5 atom stereocenters. The molecule has 2 aliphatic heterocycles. The van der Waals surface area contributed by atoms with Crippen LogP contribution in [0.15, 0.2) is 24.0 Å². The number of aliphatic hydroxyl groups excluding tert-OH is 3. The molecule has 194 valence electrons. The van der Waals surface area contributed by atoms with Crippen LogP contribution in [0.1, 0.15) is 28.4 Å². The molecule has 0 bridgehead atoms. The Morgan fingerprint density at radius 2 is 1.56 bits per heavy atom. The summed E-state index contributed by atoms with van der Waals surface area (Å²) in [6.07, 6.45) is -5.27. The van der Waals surface area contributed by atoms with E-state index in [4.69, 9.17) is 28.4 Å². The van der Waals surface area contributed by atoms with E-state index in [1.54, 1.807) is 19.1 Å². The van der Waals surface area contributed by atoms with E-state index in [-0.39, 0.29) is 28.6 Å². The number of aromatic hydroxyl groups is 1. The summed E-state index contributed by atoms with van der Waals surface area (Å²) in [4.78, 5) is 13.4. The summed E-state index contributed by atoms with van der Waals surface area (Å²) in [5.74, 6) is 0.268. The Morgan fingerprint density at radius 3 is 2.14 bits per heavy atom. The number of carbonyl (C=O) groups excluding carboxylic acids is 1. The number of ketones is 1. The van der Waals surface area contributed by atoms with Gasteiger partial charge in [0.25, 0.3) is 0 Å². The number of hydrogen-bond acceptors (Lipinski definition) is 11. The number of phenolic OH excluding ortho intramolecular Hbond substituents is 1. The van der Waals surface area contributed by atoms with Crippen LogP contribution >= 0.6 is 0 Å². The van der Waals surface area contributed by atoms with Crippen LogP contribution in [0.2, 0.25) is 0 Å². The molecule has 0 radical (unpaired) electrons. The maximum Gasteiger partial charge on any atom is 0.235 e. The number of ether oxygens (including phenoxy) is 6. The molecule has 0 aliphatic carbocycles. The van der Waals surface area contributed by atoms with Gasteiger partial charge in [-0.2, -0.15) is 0 Å². The fraction of sp³-hybridized carbons (Fsp3) is 0.400. The van der Waals surface area contributed by atoms with Crippen molar-refractivity contribution in [3.8, 4) is 34.5 Å². The molecule has 0 aromatic heterocycles. The van der Waals surface area contributed by atoms with Crippen LogP contribution in [0.25, 0.3) is 6.08 Å². The van der Waals surface area contributed by atoms with E-state index >= 15 is 0 Å². The Morgan fingerprint density at radius 1 is 0.917 bits per heavy atom. The molecule has 2 aliphatic rings. The minimum absolute atomic E-state index is 0.00746. The van der Waals surface area contributed by atoms with Crippen molar-refractivity contribution in [2.75, 3.05) is 21.3 Å². The van der Waals surface area contributed by atoms with Gasteiger partial charge >= 0.3 is 0 Å². The highest BCUT2D eigenvalue weighted by Gasteiger charge is 2.44. The van der Waals surface area contributed by atoms with Crippen molar-refractivity contribution in [3.63, 3.8) is 0 Å². The van der Waals surface area contributed by atoms with E-state index < -0.39 is 36.5 Å². The first kappa shape index (κ1) is 25.6. The molecule has 2 aromatic carbocycles. The van der Waals surface area contributed by atoms with Gasteiger partial charge in [-0.15, -0.1) is 0 Å². The Kier molecular flexibility index (Phi) is 7.01. The molecule has 2 unspecified atom stereocenters. The van der Waals surface area contributed by atoms with E-state index in [1.807, 2.05) is 0 Å². The van der Waals surface area contributed by atoms with Gasteiger partial charge in [-0.1, -0.05) is 0 Å². The molecule has 0 amide bonds. The molecule has 11 heteroatoms. The molecule has 1 saturated heterocycles. The normalized spacial score (nSPS) is 26.4. The molecule has 4 N–H and O–H groups in total. The average Bonchev–Trinajstić information content (AvgIpc) is 3.19. The van der Waals surface area contributed by atoms with Gasteiger partial charge in [0.05, 0.1) is 27.4 Å². The topological polar surface area (TPSA) is 153 Å². The van der Waals surface area contributed by atoms with Crippen LogP contribution in [0.3, 0.4) is 0 Å². The summed E-state index contributed by atoms with van der Waals surface area (Å²) in [5, 5.41) is 40.8. The zero-order valence-corrected chi connectivity index (χ0v) is 20.3. The molecular formula is C25H28O11. The molecule has 2 aromatic rings. The maximum absolute atomic E-state index is 13.4. The van der Waals surface area contributed by atoms with Crippen LogP contribution < -0.4 is 23.7 Å². The summed E-state index contributed by atoms with van der Waals surface area (Å²) in [6.45, 7) is 3.07. The number of benzene rings is 2. The number of phenols is 1. The fourth-order valence-electron chi connectivity index (χ4n) is 4.10. The molecule has 36 heavy (non-hydrogen) atoms. The second-order valence-corrected chi connectivity index (χ2v) is 8.42. The van der Waals surface area contributed by atoms with Crippen LogP contribution in [0.4, 0.5) is 0 Å². The number of carbonyl (C=O) groups is 1. The number of allylic oxidation sites excluding steroid dienone is 1. The molecule has 0 saturated carbocycles. The standard InChI is InChI=1S/C25H28O11/c1-10-13(26)9-14(36-25-22(30)21(29)19(27)11(2)34-25)18-20(28)15(35-23(10)18)6-12-7-16(31-3)24(33-5)17(8-12)32-4/h6-9,11,19,21-22,25-27,29-30H,1-5H3/b15-6+/t11?,19-,21?,22-,25-/m0/s1. The number of rotatable bonds is 6. The average molecular weight is 504 g/mol. The van der Waals surface area contributed by atoms with Crippen molar-refractivity contribution >= 4 is 11.9 Å². The lowest BCUT2D eigenvalue weighted by molar-refractivity contribution is -0.268. The molecule has 2 heterocycles. The summed E-state index contributed by atoms with van der Waals surface area (Å²) in [5.41, 5.74) is 0.822. The zero-order valence-electron chi connectivity index (χ0n) is 20.3. The summed E-state index contributed by atoms with van der Waals surface area (Å²) < 4.78 is 33.1. The molecule has 1 fully saturated rings. The van der Waals surface area contributed by atoms with Gasteiger partial charge in [-0.25, -0.2) is 0 Å². The van der Waals surface area contributed by atoms with Gasteiger partial charge in [0.2, 0.25) is 17.8 Å². The monoisotopic (exact) mass is 504 g/mol. The summed E-state index contributed by atoms with van der Waals surface area (Å²) >= 11 is 0. The molecule has 11 nitrogen and oxygen atoms in total. The number of fused-ring (bicyclic) bond motifs is 1. The van der Waals surface area contributed by atoms with Crippen molar-refractivity contribution in [1.82, 2.24) is 0 Å². The third-order valence-electron chi connectivity index (χ3n) is 6.17. The molecule has 0 spiro atoms. The second-order valence-electron chi connectivity index (χ2n) is 8.42. The van der Waals surface area contributed by atoms with Gasteiger partial charge in [0.15, 0.2) is 17.3 Å². The fourth-order valence-corrected chi connectivity index (χ4v) is 4.10. The summed E-state index contributed by atoms with van der Waals surface area (Å²) in [7, 11) is 4.41. The smallest absolute Gasteiger partial charge is 0.235 e. The summed E-state index contributed by atoms with van der Waals surface area (Å²) in [6, 6.07) is 4.47. The van der Waals surface area contributed by atoms with Crippen LogP contribution in [-0.4, -0.2) is 78.2 Å². The largest absolute Gasteiger partial charge is 0.507 e. The van der Waals surface area contributed by atoms with Crippen LogP contribution in [0.5, 0.6) is 34.5 Å². The van der Waals surface area contributed by atoms with Gasteiger partial charge in [-0.05, 0) is 37.6 Å². The van der Waals surface area contributed by atoms with Crippen molar-refractivity contribution < 1.29 is 53.6 Å². The number of methoxy groups -OCH3 is 3. The van der Waals surface area contributed by atoms with Gasteiger partial charge in [-0.3, -0.25) is 4.79 Å². The number of hydrogen-bond donors (Lipinski definition) is 4. The van der Waals surface area contributed by atoms with Crippen molar-refractivity contribution in [2.45, 2.75) is 44.6 Å². The Bertz CT molecular complexity index is 1180. The molecular weight excluding hydrogens is 476 g/mol. The van der Waals surface area contributed by atoms with E-state index in [0.717, 1.165) is 0 Å². The zero-order chi connectivity index (χ0) is 26.3. The predicted octanol–water partition coefficient (Wildman–Crippen LogP) is 1.55. The van der Waals surface area contributed by atoms with Crippen LogP contribution in [0, 0.1) is 6.92 Å². The second kappa shape index (κ2) is 9.86. The minimum Gasteiger partial charge on any atom is -0.507 e. The lowest BCUT2D eigenvalue weighted by Crippen LogP contribution is -2.58. The quantitative estimate of drug-likeness (QED) is 0.424. The van der Waals surface area contributed by atoms with E-state index in [2.05, 4.69) is 0 Å². The van der Waals surface area contributed by atoms with Crippen LogP contribution in [-0.2, 0) is 4.74 Å². The Hall–Kier alpha value is -3.51. The lowest BCUT2D eigenvalue weighted by Gasteiger charge is -2.39. The highest BCUT2D eigenvalue weighted by Crippen LogP contribution is 2.46. The maximum atomic E-state index is 13.4. The van der Waals surface area contributed by atoms with Crippen molar-refractivity contribution in [1.29, 1.82) is 0 Å². The first-order valence-corrected chi connectivity index (χ1v) is 11.1. The third-order valence-corrected chi connectivity index (χ3v) is 6.17. The highest BCUT2D eigenvalue weighted by molar-refractivity contribution is 6.16. The first-order valence-electron chi connectivity index (χ1n) is 11.1. The van der Waals surface area contributed by atoms with Gasteiger partial charge < -0.3 is 48.8 Å². The van der Waals surface area contributed by atoms with Crippen molar-refractivity contribution in [3.05, 3.63) is 40.6 Å². The minimum atomic E-state index is -1.61. The number of aliphatic hydroxyl groups is 3. The Balaban J connectivity index is 1.72.